The van der Waals surface area contributed by atoms with E-state index in [0.717, 1.165) is 11.0 Å². The van der Waals surface area contributed by atoms with E-state index in [-0.39, 0.29) is 0 Å². The molecule has 0 fully saturated rings. The first kappa shape index (κ1) is 10.6. The highest BCUT2D eigenvalue weighted by Gasteiger charge is 2.13. The third-order valence-electron chi connectivity index (χ3n) is 2.64. The average molecular weight is 242 g/mol. The van der Waals surface area contributed by atoms with Crippen LogP contribution in [-0.2, 0) is 4.74 Å². The van der Waals surface area contributed by atoms with Gasteiger partial charge in [0.1, 0.15) is 11.3 Å². The van der Waals surface area contributed by atoms with E-state index in [1.54, 1.807) is 0 Å². The van der Waals surface area contributed by atoms with Gasteiger partial charge in [-0.25, -0.2) is 9.78 Å². The first-order chi connectivity index (χ1) is 8.78. The van der Waals surface area contributed by atoms with Gasteiger partial charge in [-0.1, -0.05) is 18.2 Å². The summed E-state index contributed by atoms with van der Waals surface area (Å²) in [6.45, 7) is 0. The second-order valence-electron chi connectivity index (χ2n) is 3.79. The summed E-state index contributed by atoms with van der Waals surface area (Å²) in [5, 5.41) is 0.989. The fraction of sp³-hybridized carbons (Fsp3) is 0.0769. The maximum atomic E-state index is 11.3. The van der Waals surface area contributed by atoms with Gasteiger partial charge in [-0.05, 0) is 12.1 Å². The maximum Gasteiger partial charge on any atom is 0.356 e. The number of carbonyl (C=O) groups is 1. The number of esters is 1. The molecule has 18 heavy (non-hydrogen) atoms. The van der Waals surface area contributed by atoms with Crippen molar-refractivity contribution < 1.29 is 13.9 Å². The van der Waals surface area contributed by atoms with Crippen LogP contribution in [0.1, 0.15) is 10.5 Å². The number of furan rings is 1. The summed E-state index contributed by atoms with van der Waals surface area (Å²) in [6.07, 6.45) is 1.42. The van der Waals surface area contributed by atoms with Crippen molar-refractivity contribution in [2.24, 2.45) is 0 Å². The number of aromatic amines is 1. The van der Waals surface area contributed by atoms with Gasteiger partial charge in [-0.2, -0.15) is 0 Å². The minimum absolute atomic E-state index is 0.299. The van der Waals surface area contributed by atoms with E-state index in [0.29, 0.717) is 17.3 Å². The van der Waals surface area contributed by atoms with Gasteiger partial charge in [0.2, 0.25) is 0 Å². The molecule has 0 saturated carbocycles. The second kappa shape index (κ2) is 4.03. The highest BCUT2D eigenvalue weighted by atomic mass is 16.5. The number of hydrogen-bond donors (Lipinski definition) is 1. The van der Waals surface area contributed by atoms with Crippen LogP contribution >= 0.6 is 0 Å². The van der Waals surface area contributed by atoms with Crippen LogP contribution in [0.3, 0.4) is 0 Å². The van der Waals surface area contributed by atoms with Crippen LogP contribution in [0.15, 0.2) is 40.9 Å². The van der Waals surface area contributed by atoms with Crippen LogP contribution in [0, 0.1) is 0 Å². The molecule has 3 rings (SSSR count). The number of ether oxygens (including phenoxy) is 1. The lowest BCUT2D eigenvalue weighted by Gasteiger charge is -1.92. The molecule has 2 aromatic heterocycles. The Hall–Kier alpha value is -2.56. The number of methoxy groups -OCH3 is 1. The number of H-pyrrole nitrogens is 1. The summed E-state index contributed by atoms with van der Waals surface area (Å²) < 4.78 is 10.2. The van der Waals surface area contributed by atoms with Crippen LogP contribution in [0.25, 0.3) is 22.6 Å². The van der Waals surface area contributed by atoms with Gasteiger partial charge in [0.15, 0.2) is 11.6 Å². The predicted molar refractivity (Wildman–Crippen MR) is 65.1 cm³/mol. The monoisotopic (exact) mass is 242 g/mol. The third-order valence-corrected chi connectivity index (χ3v) is 2.64. The first-order valence-corrected chi connectivity index (χ1v) is 5.40. The SMILES string of the molecule is COC(=O)c1cnc(-c2cc3ccccc3o2)[nH]1. The summed E-state index contributed by atoms with van der Waals surface area (Å²) in [5.41, 5.74) is 1.08. The Kier molecular flexibility index (Phi) is 2.37. The maximum absolute atomic E-state index is 11.3. The lowest BCUT2D eigenvalue weighted by atomic mass is 10.2. The fourth-order valence-corrected chi connectivity index (χ4v) is 1.76. The fourth-order valence-electron chi connectivity index (χ4n) is 1.76. The number of carbonyl (C=O) groups excluding carboxylic acids is 1. The van der Waals surface area contributed by atoms with Crippen molar-refractivity contribution in [2.75, 3.05) is 7.11 Å². The molecular formula is C13H10N2O3. The lowest BCUT2D eigenvalue weighted by Crippen LogP contribution is -2.00. The van der Waals surface area contributed by atoms with Crippen molar-refractivity contribution in [3.8, 4) is 11.6 Å². The molecule has 0 amide bonds. The molecule has 5 heteroatoms. The van der Waals surface area contributed by atoms with E-state index in [1.807, 2.05) is 30.3 Å². The molecule has 0 aliphatic heterocycles. The molecule has 2 heterocycles. The largest absolute Gasteiger partial charge is 0.464 e. The number of rotatable bonds is 2. The van der Waals surface area contributed by atoms with E-state index in [9.17, 15) is 4.79 Å². The Labute approximate surface area is 102 Å². The Morgan fingerprint density at radius 3 is 3.00 bits per heavy atom. The van der Waals surface area contributed by atoms with Crippen LogP contribution in [0.4, 0.5) is 0 Å². The summed E-state index contributed by atoms with van der Waals surface area (Å²) in [6, 6.07) is 9.53. The summed E-state index contributed by atoms with van der Waals surface area (Å²) in [7, 11) is 1.32. The van der Waals surface area contributed by atoms with Crippen LogP contribution < -0.4 is 0 Å². The van der Waals surface area contributed by atoms with Gasteiger partial charge < -0.3 is 14.1 Å². The second-order valence-corrected chi connectivity index (χ2v) is 3.79. The van der Waals surface area contributed by atoms with E-state index < -0.39 is 5.97 Å². The van der Waals surface area contributed by atoms with E-state index in [2.05, 4.69) is 14.7 Å². The third kappa shape index (κ3) is 1.66. The molecule has 1 aromatic carbocycles. The van der Waals surface area contributed by atoms with Crippen molar-refractivity contribution in [1.82, 2.24) is 9.97 Å². The highest BCUT2D eigenvalue weighted by Crippen LogP contribution is 2.25. The number of fused-ring (bicyclic) bond motifs is 1. The highest BCUT2D eigenvalue weighted by molar-refractivity contribution is 5.88. The Bertz CT molecular complexity index is 679. The Morgan fingerprint density at radius 1 is 1.39 bits per heavy atom. The van der Waals surface area contributed by atoms with Crippen molar-refractivity contribution in [1.29, 1.82) is 0 Å². The van der Waals surface area contributed by atoms with Crippen molar-refractivity contribution in [2.45, 2.75) is 0 Å². The van der Waals surface area contributed by atoms with Gasteiger partial charge >= 0.3 is 5.97 Å². The van der Waals surface area contributed by atoms with Gasteiger partial charge in [-0.15, -0.1) is 0 Å². The molecule has 0 bridgehead atoms. The number of aromatic nitrogens is 2. The van der Waals surface area contributed by atoms with Gasteiger partial charge in [-0.3, -0.25) is 0 Å². The van der Waals surface area contributed by atoms with Crippen molar-refractivity contribution in [3.05, 3.63) is 42.2 Å². The topological polar surface area (TPSA) is 68.1 Å². The molecule has 0 aliphatic rings. The normalized spacial score (nSPS) is 10.7. The van der Waals surface area contributed by atoms with Gasteiger partial charge in [0.05, 0.1) is 13.3 Å². The first-order valence-electron chi connectivity index (χ1n) is 5.40. The summed E-state index contributed by atoms with van der Waals surface area (Å²) in [5.74, 6) is 0.641. The summed E-state index contributed by atoms with van der Waals surface area (Å²) in [4.78, 5) is 18.3. The molecule has 0 unspecified atom stereocenters. The lowest BCUT2D eigenvalue weighted by molar-refractivity contribution is 0.0595. The Morgan fingerprint density at radius 2 is 2.22 bits per heavy atom. The molecule has 0 spiro atoms. The smallest absolute Gasteiger partial charge is 0.356 e. The molecule has 90 valence electrons. The number of nitrogens with zero attached hydrogens (tertiary/aromatic N) is 1. The van der Waals surface area contributed by atoms with Crippen molar-refractivity contribution >= 4 is 16.9 Å². The number of nitrogens with one attached hydrogen (secondary N) is 1. The molecule has 3 aromatic rings. The number of hydrogen-bond acceptors (Lipinski definition) is 4. The zero-order valence-electron chi connectivity index (χ0n) is 9.64. The summed E-state index contributed by atoms with van der Waals surface area (Å²) >= 11 is 0. The van der Waals surface area contributed by atoms with E-state index in [4.69, 9.17) is 4.42 Å². The number of imidazole rings is 1. The van der Waals surface area contributed by atoms with Crippen LogP contribution in [-0.4, -0.2) is 23.0 Å². The predicted octanol–water partition coefficient (Wildman–Crippen LogP) is 2.61. The van der Waals surface area contributed by atoms with Gasteiger partial charge in [0, 0.05) is 5.39 Å². The molecule has 5 nitrogen and oxygen atoms in total. The minimum Gasteiger partial charge on any atom is -0.464 e. The van der Waals surface area contributed by atoms with E-state index >= 15 is 0 Å². The zero-order chi connectivity index (χ0) is 12.5. The standard InChI is InChI=1S/C13H10N2O3/c1-17-13(16)9-7-14-12(15-9)11-6-8-4-2-3-5-10(8)18-11/h2-7H,1H3,(H,14,15). The molecule has 0 atom stereocenters. The van der Waals surface area contributed by atoms with Crippen LogP contribution in [0.2, 0.25) is 0 Å². The molecule has 0 saturated heterocycles. The molecule has 0 radical (unpaired) electrons. The quantitative estimate of drug-likeness (QED) is 0.701. The van der Waals surface area contributed by atoms with Gasteiger partial charge in [0.25, 0.3) is 0 Å². The minimum atomic E-state index is -0.454. The number of para-hydroxylation sites is 1. The average Bonchev–Trinajstić information content (AvgIpc) is 3.03. The zero-order valence-corrected chi connectivity index (χ0v) is 9.64. The van der Waals surface area contributed by atoms with Crippen LogP contribution in [0.5, 0.6) is 0 Å². The van der Waals surface area contributed by atoms with Crippen molar-refractivity contribution in [3.63, 3.8) is 0 Å². The Balaban J connectivity index is 2.03. The molecular weight excluding hydrogens is 232 g/mol. The number of benzene rings is 1. The molecule has 0 aliphatic carbocycles. The molecule has 1 N–H and O–H groups in total. The van der Waals surface area contributed by atoms with E-state index in [1.165, 1.54) is 13.3 Å².